The predicted octanol–water partition coefficient (Wildman–Crippen LogP) is 3.22. The van der Waals surface area contributed by atoms with Crippen molar-refractivity contribution in [1.82, 2.24) is 20.3 Å². The van der Waals surface area contributed by atoms with Gasteiger partial charge in [-0.3, -0.25) is 4.90 Å². The SMILES string of the molecule is OC1(c2cc(F)cc3n[nH]nc23)C2CCCC1CN(Cc1ccccc1)C2. The number of fused-ring (bicyclic) bond motifs is 3. The minimum absolute atomic E-state index is 0.0652. The minimum Gasteiger partial charge on any atom is -0.384 e. The molecule has 1 saturated carbocycles. The molecule has 2 heterocycles. The lowest BCUT2D eigenvalue weighted by Gasteiger charge is -2.53. The van der Waals surface area contributed by atoms with Gasteiger partial charge >= 0.3 is 0 Å². The largest absolute Gasteiger partial charge is 0.384 e. The van der Waals surface area contributed by atoms with Gasteiger partial charge < -0.3 is 5.11 Å². The van der Waals surface area contributed by atoms with Crippen molar-refractivity contribution in [3.8, 4) is 0 Å². The molecular formula is C21H23FN4O. The van der Waals surface area contributed by atoms with Crippen LogP contribution < -0.4 is 0 Å². The number of nitrogens with one attached hydrogen (secondary N) is 1. The highest BCUT2D eigenvalue weighted by Crippen LogP contribution is 2.50. The van der Waals surface area contributed by atoms with Crippen molar-refractivity contribution in [2.45, 2.75) is 31.4 Å². The molecule has 2 unspecified atom stereocenters. The smallest absolute Gasteiger partial charge is 0.125 e. The summed E-state index contributed by atoms with van der Waals surface area (Å²) in [6.45, 7) is 2.49. The van der Waals surface area contributed by atoms with Gasteiger partial charge in [-0.15, -0.1) is 0 Å². The highest BCUT2D eigenvalue weighted by atomic mass is 19.1. The first-order valence-corrected chi connectivity index (χ1v) is 9.63. The summed E-state index contributed by atoms with van der Waals surface area (Å²) >= 11 is 0. The Bertz CT molecular complexity index is 943. The number of aromatic nitrogens is 3. The molecule has 0 amide bonds. The molecule has 5 rings (SSSR count). The zero-order valence-electron chi connectivity index (χ0n) is 15.1. The summed E-state index contributed by atoms with van der Waals surface area (Å²) in [7, 11) is 0. The van der Waals surface area contributed by atoms with Crippen molar-refractivity contribution in [3.05, 3.63) is 59.4 Å². The Balaban J connectivity index is 1.51. The van der Waals surface area contributed by atoms with E-state index in [1.807, 2.05) is 6.07 Å². The Morgan fingerprint density at radius 3 is 2.59 bits per heavy atom. The molecule has 2 bridgehead atoms. The van der Waals surface area contributed by atoms with E-state index in [-0.39, 0.29) is 17.7 Å². The molecule has 27 heavy (non-hydrogen) atoms. The molecule has 5 nitrogen and oxygen atoms in total. The topological polar surface area (TPSA) is 65.0 Å². The van der Waals surface area contributed by atoms with Crippen molar-refractivity contribution < 1.29 is 9.50 Å². The molecule has 1 aliphatic carbocycles. The highest BCUT2D eigenvalue weighted by molar-refractivity contribution is 5.78. The van der Waals surface area contributed by atoms with Crippen LogP contribution in [0, 0.1) is 17.7 Å². The zero-order valence-corrected chi connectivity index (χ0v) is 15.1. The number of H-pyrrole nitrogens is 1. The number of halogens is 1. The number of rotatable bonds is 3. The molecular weight excluding hydrogens is 343 g/mol. The average Bonchev–Trinajstić information content (AvgIpc) is 3.11. The standard InChI is InChI=1S/C21H23FN4O/c22-17-9-18(20-19(10-17)23-25-24-20)21(27)15-7-4-8-16(21)13-26(12-15)11-14-5-2-1-3-6-14/h1-3,5-6,9-10,15-16,27H,4,7-8,11-13H2,(H,23,24,25). The zero-order chi connectivity index (χ0) is 18.4. The Kier molecular flexibility index (Phi) is 3.98. The van der Waals surface area contributed by atoms with E-state index in [4.69, 9.17) is 0 Å². The fraction of sp³-hybridized carbons (Fsp3) is 0.429. The lowest BCUT2D eigenvalue weighted by Crippen LogP contribution is -2.58. The van der Waals surface area contributed by atoms with E-state index >= 15 is 0 Å². The summed E-state index contributed by atoms with van der Waals surface area (Å²) in [6.07, 6.45) is 2.98. The molecule has 140 valence electrons. The van der Waals surface area contributed by atoms with Crippen LogP contribution in [-0.4, -0.2) is 38.5 Å². The van der Waals surface area contributed by atoms with Crippen LogP contribution in [0.5, 0.6) is 0 Å². The van der Waals surface area contributed by atoms with Gasteiger partial charge in [-0.05, 0) is 24.5 Å². The van der Waals surface area contributed by atoms with Crippen LogP contribution >= 0.6 is 0 Å². The summed E-state index contributed by atoms with van der Waals surface area (Å²) in [4.78, 5) is 2.43. The Morgan fingerprint density at radius 2 is 1.85 bits per heavy atom. The first-order valence-electron chi connectivity index (χ1n) is 9.63. The molecule has 2 aromatic carbocycles. The Labute approximate surface area is 157 Å². The van der Waals surface area contributed by atoms with Crippen LogP contribution in [0.15, 0.2) is 42.5 Å². The van der Waals surface area contributed by atoms with Crippen molar-refractivity contribution in [1.29, 1.82) is 0 Å². The Morgan fingerprint density at radius 1 is 1.11 bits per heavy atom. The molecule has 3 aromatic rings. The van der Waals surface area contributed by atoms with E-state index in [2.05, 4.69) is 44.6 Å². The fourth-order valence-electron chi connectivity index (χ4n) is 5.18. The van der Waals surface area contributed by atoms with Gasteiger partial charge in [-0.1, -0.05) is 36.8 Å². The van der Waals surface area contributed by atoms with Gasteiger partial charge in [-0.25, -0.2) is 4.39 Å². The second kappa shape index (κ2) is 6.39. The third kappa shape index (κ3) is 2.75. The van der Waals surface area contributed by atoms with Crippen LogP contribution in [0.1, 0.15) is 30.4 Å². The second-order valence-corrected chi connectivity index (χ2v) is 7.97. The average molecular weight is 366 g/mol. The van der Waals surface area contributed by atoms with Gasteiger partial charge in [0.25, 0.3) is 0 Å². The summed E-state index contributed by atoms with van der Waals surface area (Å²) in [5, 5.41) is 22.7. The monoisotopic (exact) mass is 366 g/mol. The van der Waals surface area contributed by atoms with Gasteiger partial charge in [0.2, 0.25) is 0 Å². The minimum atomic E-state index is -1.05. The molecule has 1 aliphatic heterocycles. The van der Waals surface area contributed by atoms with Crippen molar-refractivity contribution in [2.75, 3.05) is 13.1 Å². The lowest BCUT2D eigenvalue weighted by atomic mass is 9.62. The number of hydrogen-bond donors (Lipinski definition) is 2. The first kappa shape index (κ1) is 16.8. The van der Waals surface area contributed by atoms with Gasteiger partial charge in [0.05, 0.1) is 5.60 Å². The lowest BCUT2D eigenvalue weighted by molar-refractivity contribution is -0.147. The first-order chi connectivity index (χ1) is 13.1. The van der Waals surface area contributed by atoms with Crippen LogP contribution in [0.3, 0.4) is 0 Å². The number of aromatic amines is 1. The van der Waals surface area contributed by atoms with E-state index in [0.29, 0.717) is 16.6 Å². The Hall–Kier alpha value is -2.31. The third-order valence-corrected chi connectivity index (χ3v) is 6.37. The fourth-order valence-corrected chi connectivity index (χ4v) is 5.18. The van der Waals surface area contributed by atoms with E-state index < -0.39 is 5.60 Å². The number of aliphatic hydroxyl groups is 1. The quantitative estimate of drug-likeness (QED) is 0.747. The molecule has 1 aromatic heterocycles. The highest BCUT2D eigenvalue weighted by Gasteiger charge is 2.52. The molecule has 1 saturated heterocycles. The maximum Gasteiger partial charge on any atom is 0.125 e. The molecule has 6 heteroatoms. The van der Waals surface area contributed by atoms with Crippen molar-refractivity contribution >= 4 is 11.0 Å². The molecule has 0 radical (unpaired) electrons. The normalized spacial score (nSPS) is 28.5. The summed E-state index contributed by atoms with van der Waals surface area (Å²) in [5.74, 6) is -0.240. The number of likely N-dealkylation sites (tertiary alicyclic amines) is 1. The maximum atomic E-state index is 14.2. The van der Waals surface area contributed by atoms with E-state index in [1.54, 1.807) is 0 Å². The molecule has 0 spiro atoms. The van der Waals surface area contributed by atoms with Crippen LogP contribution in [0.25, 0.3) is 11.0 Å². The number of hydrogen-bond acceptors (Lipinski definition) is 4. The van der Waals surface area contributed by atoms with Crippen LogP contribution in [0.2, 0.25) is 0 Å². The number of nitrogens with zero attached hydrogens (tertiary/aromatic N) is 3. The summed E-state index contributed by atoms with van der Waals surface area (Å²) in [5.41, 5.74) is 1.89. The van der Waals surface area contributed by atoms with Crippen molar-refractivity contribution in [2.24, 2.45) is 11.8 Å². The van der Waals surface area contributed by atoms with Gasteiger partial charge in [0.15, 0.2) is 0 Å². The van der Waals surface area contributed by atoms with Crippen LogP contribution in [0.4, 0.5) is 4.39 Å². The number of piperidine rings is 1. The molecule has 2 fully saturated rings. The van der Waals surface area contributed by atoms with Crippen LogP contribution in [-0.2, 0) is 12.1 Å². The number of benzene rings is 2. The summed E-state index contributed by atoms with van der Waals surface area (Å²) in [6, 6.07) is 13.3. The molecule has 2 N–H and O–H groups in total. The van der Waals surface area contributed by atoms with E-state index in [1.165, 1.54) is 17.7 Å². The van der Waals surface area contributed by atoms with E-state index in [9.17, 15) is 9.50 Å². The third-order valence-electron chi connectivity index (χ3n) is 6.37. The van der Waals surface area contributed by atoms with Crippen molar-refractivity contribution in [3.63, 3.8) is 0 Å². The molecule has 2 atom stereocenters. The van der Waals surface area contributed by atoms with E-state index in [0.717, 1.165) is 38.9 Å². The maximum absolute atomic E-state index is 14.2. The predicted molar refractivity (Wildman–Crippen MR) is 100 cm³/mol. The second-order valence-electron chi connectivity index (χ2n) is 7.97. The van der Waals surface area contributed by atoms with Gasteiger partial charge in [-0.2, -0.15) is 15.4 Å². The molecule has 2 aliphatic rings. The van der Waals surface area contributed by atoms with Gasteiger partial charge in [0.1, 0.15) is 16.9 Å². The summed E-state index contributed by atoms with van der Waals surface area (Å²) < 4.78 is 14.2. The van der Waals surface area contributed by atoms with Gasteiger partial charge in [0, 0.05) is 43.1 Å².